The lowest BCUT2D eigenvalue weighted by molar-refractivity contribution is 0.0656. The summed E-state index contributed by atoms with van der Waals surface area (Å²) >= 11 is 7.42. The zero-order valence-electron chi connectivity index (χ0n) is 8.72. The van der Waals surface area contributed by atoms with Gasteiger partial charge in [-0.1, -0.05) is 41.6 Å². The normalized spacial score (nSPS) is 10.4. The molecule has 5 heteroatoms. The predicted octanol–water partition coefficient (Wildman–Crippen LogP) is 3.92. The first-order valence-electron chi connectivity index (χ1n) is 4.86. The smallest absolute Gasteiger partial charge is 0.371 e. The summed E-state index contributed by atoms with van der Waals surface area (Å²) < 4.78 is 5.13. The van der Waals surface area contributed by atoms with E-state index in [0.29, 0.717) is 15.9 Å². The second-order valence-corrected chi connectivity index (χ2v) is 4.69. The molecule has 1 heterocycles. The van der Waals surface area contributed by atoms with Crippen LogP contribution >= 0.6 is 23.4 Å². The van der Waals surface area contributed by atoms with Crippen LogP contribution in [0.15, 0.2) is 45.9 Å². The van der Waals surface area contributed by atoms with E-state index < -0.39 is 5.97 Å². The highest BCUT2D eigenvalue weighted by atomic mass is 35.5. The third-order valence-corrected chi connectivity index (χ3v) is 3.45. The van der Waals surface area contributed by atoms with E-state index in [0.717, 1.165) is 5.56 Å². The molecule has 2 aromatic rings. The van der Waals surface area contributed by atoms with Gasteiger partial charge in [0.2, 0.25) is 5.76 Å². The monoisotopic (exact) mass is 268 g/mol. The molecule has 0 aliphatic carbocycles. The number of furan rings is 1. The fourth-order valence-electron chi connectivity index (χ4n) is 1.28. The van der Waals surface area contributed by atoms with Crippen molar-refractivity contribution in [1.29, 1.82) is 0 Å². The molecule has 0 bridgehead atoms. The van der Waals surface area contributed by atoms with Crippen LogP contribution in [0.25, 0.3) is 0 Å². The van der Waals surface area contributed by atoms with E-state index in [2.05, 4.69) is 0 Å². The van der Waals surface area contributed by atoms with Crippen molar-refractivity contribution in [3.05, 3.63) is 52.7 Å². The number of carbonyl (C=O) groups is 1. The summed E-state index contributed by atoms with van der Waals surface area (Å²) in [6, 6.07) is 10.6. The van der Waals surface area contributed by atoms with Crippen LogP contribution in [0.5, 0.6) is 0 Å². The van der Waals surface area contributed by atoms with Crippen molar-refractivity contribution in [2.45, 2.75) is 10.8 Å². The maximum Gasteiger partial charge on any atom is 0.371 e. The lowest BCUT2D eigenvalue weighted by Gasteiger charge is -2.01. The van der Waals surface area contributed by atoms with Crippen LogP contribution in [0, 0.1) is 0 Å². The molecule has 0 spiro atoms. The van der Waals surface area contributed by atoms with E-state index in [1.54, 1.807) is 6.07 Å². The number of rotatable bonds is 4. The Morgan fingerprint density at radius 3 is 2.71 bits per heavy atom. The molecule has 1 aromatic heterocycles. The Labute approximate surface area is 107 Å². The number of halogens is 1. The molecule has 0 saturated heterocycles. The van der Waals surface area contributed by atoms with Crippen molar-refractivity contribution in [1.82, 2.24) is 0 Å². The Kier molecular flexibility index (Phi) is 3.76. The van der Waals surface area contributed by atoms with E-state index in [9.17, 15) is 4.79 Å². The Morgan fingerprint density at radius 2 is 2.06 bits per heavy atom. The maximum atomic E-state index is 10.6. The molecule has 0 atom stereocenters. The van der Waals surface area contributed by atoms with Crippen molar-refractivity contribution in [3.8, 4) is 0 Å². The van der Waals surface area contributed by atoms with E-state index in [1.807, 2.05) is 24.3 Å². The van der Waals surface area contributed by atoms with E-state index in [-0.39, 0.29) is 5.76 Å². The molecule has 0 saturated carbocycles. The number of carboxylic acids is 1. The van der Waals surface area contributed by atoms with Crippen LogP contribution in [-0.2, 0) is 5.75 Å². The van der Waals surface area contributed by atoms with Crippen molar-refractivity contribution in [3.63, 3.8) is 0 Å². The molecule has 3 nitrogen and oxygen atoms in total. The first-order chi connectivity index (χ1) is 8.16. The second kappa shape index (κ2) is 5.29. The third kappa shape index (κ3) is 3.05. The summed E-state index contributed by atoms with van der Waals surface area (Å²) in [5.41, 5.74) is 0.993. The van der Waals surface area contributed by atoms with Gasteiger partial charge in [0.15, 0.2) is 5.09 Å². The average molecular weight is 269 g/mol. The highest BCUT2D eigenvalue weighted by molar-refractivity contribution is 7.98. The second-order valence-electron chi connectivity index (χ2n) is 3.30. The molecule has 2 rings (SSSR count). The Bertz CT molecular complexity index is 536. The van der Waals surface area contributed by atoms with Gasteiger partial charge < -0.3 is 9.52 Å². The van der Waals surface area contributed by atoms with Gasteiger partial charge in [0.1, 0.15) is 0 Å². The van der Waals surface area contributed by atoms with Gasteiger partial charge in [0.05, 0.1) is 0 Å². The number of thioether (sulfide) groups is 1. The fourth-order valence-corrected chi connectivity index (χ4v) is 2.42. The molecule has 0 unspecified atom stereocenters. The van der Waals surface area contributed by atoms with Gasteiger partial charge in [-0.15, -0.1) is 0 Å². The van der Waals surface area contributed by atoms with Gasteiger partial charge in [-0.2, -0.15) is 0 Å². The number of hydrogen-bond acceptors (Lipinski definition) is 3. The standard InChI is InChI=1S/C12H9ClO3S/c13-9-4-2-1-3-8(9)7-17-11-6-5-10(16-11)12(14)15/h1-6H,7H2,(H,14,15). The summed E-state index contributed by atoms with van der Waals surface area (Å²) in [5, 5.41) is 9.97. The molecule has 0 fully saturated rings. The number of hydrogen-bond donors (Lipinski definition) is 1. The Balaban J connectivity index is 2.02. The van der Waals surface area contributed by atoms with Gasteiger partial charge in [0.25, 0.3) is 0 Å². The Hall–Kier alpha value is -1.39. The van der Waals surface area contributed by atoms with Crippen LogP contribution in [-0.4, -0.2) is 11.1 Å². The minimum atomic E-state index is -1.06. The summed E-state index contributed by atoms with van der Waals surface area (Å²) in [6.07, 6.45) is 0. The van der Waals surface area contributed by atoms with Gasteiger partial charge in [-0.3, -0.25) is 0 Å². The minimum absolute atomic E-state index is 0.0494. The van der Waals surface area contributed by atoms with Gasteiger partial charge in [-0.05, 0) is 23.8 Å². The zero-order valence-corrected chi connectivity index (χ0v) is 10.3. The van der Waals surface area contributed by atoms with Crippen LogP contribution in [0.2, 0.25) is 5.02 Å². The van der Waals surface area contributed by atoms with E-state index in [1.165, 1.54) is 17.8 Å². The van der Waals surface area contributed by atoms with Gasteiger partial charge in [0, 0.05) is 10.8 Å². The molecule has 88 valence electrons. The van der Waals surface area contributed by atoms with Crippen LogP contribution < -0.4 is 0 Å². The number of aromatic carboxylic acids is 1. The number of benzene rings is 1. The average Bonchev–Trinajstić information content (AvgIpc) is 2.77. The van der Waals surface area contributed by atoms with Crippen molar-refractivity contribution >= 4 is 29.3 Å². The van der Waals surface area contributed by atoms with Crippen LogP contribution in [0.3, 0.4) is 0 Å². The van der Waals surface area contributed by atoms with Gasteiger partial charge >= 0.3 is 5.97 Å². The van der Waals surface area contributed by atoms with Crippen LogP contribution in [0.1, 0.15) is 16.1 Å². The molecule has 1 N–H and O–H groups in total. The summed E-state index contributed by atoms with van der Waals surface area (Å²) in [4.78, 5) is 10.6. The highest BCUT2D eigenvalue weighted by Crippen LogP contribution is 2.27. The highest BCUT2D eigenvalue weighted by Gasteiger charge is 2.09. The molecule has 17 heavy (non-hydrogen) atoms. The quantitative estimate of drug-likeness (QED) is 0.854. The van der Waals surface area contributed by atoms with Crippen LogP contribution in [0.4, 0.5) is 0 Å². The van der Waals surface area contributed by atoms with Crippen molar-refractivity contribution < 1.29 is 14.3 Å². The third-order valence-electron chi connectivity index (χ3n) is 2.12. The van der Waals surface area contributed by atoms with Gasteiger partial charge in [-0.25, -0.2) is 4.79 Å². The predicted molar refractivity (Wildman–Crippen MR) is 66.7 cm³/mol. The molecule has 0 aliphatic rings. The molecule has 0 amide bonds. The lowest BCUT2D eigenvalue weighted by Crippen LogP contribution is -1.91. The van der Waals surface area contributed by atoms with E-state index >= 15 is 0 Å². The topological polar surface area (TPSA) is 50.4 Å². The summed E-state index contributed by atoms with van der Waals surface area (Å²) in [7, 11) is 0. The zero-order chi connectivity index (χ0) is 12.3. The molecular formula is C12H9ClO3S. The maximum absolute atomic E-state index is 10.6. The first kappa shape index (κ1) is 12.1. The number of carboxylic acid groups (broad SMARTS) is 1. The first-order valence-corrected chi connectivity index (χ1v) is 6.22. The summed E-state index contributed by atoms with van der Waals surface area (Å²) in [5.74, 6) is -0.465. The molecule has 1 aromatic carbocycles. The summed E-state index contributed by atoms with van der Waals surface area (Å²) in [6.45, 7) is 0. The largest absolute Gasteiger partial charge is 0.475 e. The van der Waals surface area contributed by atoms with Crippen molar-refractivity contribution in [2.24, 2.45) is 0 Å². The SMILES string of the molecule is O=C(O)c1ccc(SCc2ccccc2Cl)o1. The Morgan fingerprint density at radius 1 is 1.29 bits per heavy atom. The van der Waals surface area contributed by atoms with Crippen molar-refractivity contribution in [2.75, 3.05) is 0 Å². The lowest BCUT2D eigenvalue weighted by atomic mass is 10.2. The molecule has 0 radical (unpaired) electrons. The molecular weight excluding hydrogens is 260 g/mol. The van der Waals surface area contributed by atoms with E-state index in [4.69, 9.17) is 21.1 Å². The minimum Gasteiger partial charge on any atom is -0.475 e. The fraction of sp³-hybridized carbons (Fsp3) is 0.0833. The molecule has 0 aliphatic heterocycles.